The number of hydrogen-bond acceptors (Lipinski definition) is 2. The molecule has 0 aliphatic carbocycles. The summed E-state index contributed by atoms with van der Waals surface area (Å²) in [5.41, 5.74) is 4.21. The third-order valence-electron chi connectivity index (χ3n) is 4.09. The molecule has 21 heavy (non-hydrogen) atoms. The summed E-state index contributed by atoms with van der Waals surface area (Å²) in [6.45, 7) is 7.05. The number of likely N-dealkylation sites (N-methyl/N-ethyl adjacent to an activating group) is 1. The second kappa shape index (κ2) is 6.70. The lowest BCUT2D eigenvalue weighted by atomic mass is 9.99. The molecule has 0 saturated carbocycles. The SMILES string of the molecule is CCCCN(C)C(=O)Cc1c(C)nc2ccccc2c1C. The first-order valence-corrected chi connectivity index (χ1v) is 7.63. The molecule has 0 radical (unpaired) electrons. The van der Waals surface area contributed by atoms with Gasteiger partial charge in [0.25, 0.3) is 0 Å². The maximum atomic E-state index is 12.4. The highest BCUT2D eigenvalue weighted by molar-refractivity contribution is 5.86. The van der Waals surface area contributed by atoms with Crippen LogP contribution in [-0.4, -0.2) is 29.4 Å². The summed E-state index contributed by atoms with van der Waals surface area (Å²) in [6, 6.07) is 8.11. The van der Waals surface area contributed by atoms with Crippen LogP contribution in [0.25, 0.3) is 10.9 Å². The van der Waals surface area contributed by atoms with Crippen LogP contribution in [0.4, 0.5) is 0 Å². The fraction of sp³-hybridized carbons (Fsp3) is 0.444. The maximum Gasteiger partial charge on any atom is 0.226 e. The molecule has 0 N–H and O–H groups in total. The number of carbonyl (C=O) groups is 1. The number of carbonyl (C=O) groups excluding carboxylic acids is 1. The van der Waals surface area contributed by atoms with Crippen LogP contribution in [-0.2, 0) is 11.2 Å². The van der Waals surface area contributed by atoms with Crippen LogP contribution >= 0.6 is 0 Å². The number of fused-ring (bicyclic) bond motifs is 1. The summed E-state index contributed by atoms with van der Waals surface area (Å²) in [5, 5.41) is 1.14. The molecule has 3 heteroatoms. The number of amides is 1. The molecule has 2 aromatic rings. The monoisotopic (exact) mass is 284 g/mol. The van der Waals surface area contributed by atoms with Crippen LogP contribution in [0.15, 0.2) is 24.3 Å². The third kappa shape index (κ3) is 3.41. The van der Waals surface area contributed by atoms with Gasteiger partial charge in [0.1, 0.15) is 0 Å². The Morgan fingerprint density at radius 1 is 1.24 bits per heavy atom. The second-order valence-electron chi connectivity index (χ2n) is 5.66. The minimum atomic E-state index is 0.173. The summed E-state index contributed by atoms with van der Waals surface area (Å²) in [7, 11) is 1.89. The van der Waals surface area contributed by atoms with Crippen LogP contribution < -0.4 is 0 Å². The molecule has 0 fully saturated rings. The van der Waals surface area contributed by atoms with Crippen molar-refractivity contribution in [2.75, 3.05) is 13.6 Å². The highest BCUT2D eigenvalue weighted by atomic mass is 16.2. The average Bonchev–Trinajstić information content (AvgIpc) is 2.48. The summed E-state index contributed by atoms with van der Waals surface area (Å²) in [6.07, 6.45) is 2.60. The number of rotatable bonds is 5. The van der Waals surface area contributed by atoms with Gasteiger partial charge in [-0.3, -0.25) is 9.78 Å². The topological polar surface area (TPSA) is 33.2 Å². The lowest BCUT2D eigenvalue weighted by Crippen LogP contribution is -2.29. The number of benzene rings is 1. The molecule has 1 aromatic carbocycles. The molecule has 0 bridgehead atoms. The largest absolute Gasteiger partial charge is 0.345 e. The molecule has 0 spiro atoms. The Hall–Kier alpha value is -1.90. The molecule has 112 valence electrons. The fourth-order valence-corrected chi connectivity index (χ4v) is 2.64. The van der Waals surface area contributed by atoms with Gasteiger partial charge in [0.15, 0.2) is 0 Å². The van der Waals surface area contributed by atoms with Gasteiger partial charge < -0.3 is 4.90 Å². The van der Waals surface area contributed by atoms with Gasteiger partial charge in [-0.2, -0.15) is 0 Å². The zero-order valence-corrected chi connectivity index (χ0v) is 13.4. The molecule has 0 aliphatic heterocycles. The molecular weight excluding hydrogens is 260 g/mol. The standard InChI is InChI=1S/C18H24N2O/c1-5-6-11-20(4)18(21)12-16-13(2)15-9-7-8-10-17(15)19-14(16)3/h7-10H,5-6,11-12H2,1-4H3. The van der Waals surface area contributed by atoms with Crippen molar-refractivity contribution in [3.05, 3.63) is 41.1 Å². The Balaban J connectivity index is 2.28. The molecule has 0 atom stereocenters. The fourth-order valence-electron chi connectivity index (χ4n) is 2.64. The highest BCUT2D eigenvalue weighted by Gasteiger charge is 2.15. The van der Waals surface area contributed by atoms with Crippen LogP contribution in [0.5, 0.6) is 0 Å². The zero-order chi connectivity index (χ0) is 15.4. The van der Waals surface area contributed by atoms with Crippen molar-refractivity contribution in [3.8, 4) is 0 Å². The minimum absolute atomic E-state index is 0.173. The van der Waals surface area contributed by atoms with Crippen LogP contribution in [0.1, 0.15) is 36.6 Å². The zero-order valence-electron chi connectivity index (χ0n) is 13.4. The van der Waals surface area contributed by atoms with E-state index < -0.39 is 0 Å². The lowest BCUT2D eigenvalue weighted by molar-refractivity contribution is -0.129. The van der Waals surface area contributed by atoms with Crippen molar-refractivity contribution in [1.82, 2.24) is 9.88 Å². The number of nitrogens with zero attached hydrogens (tertiary/aromatic N) is 2. The lowest BCUT2D eigenvalue weighted by Gasteiger charge is -2.19. The van der Waals surface area contributed by atoms with E-state index in [1.807, 2.05) is 37.1 Å². The number of unbranched alkanes of at least 4 members (excludes halogenated alkanes) is 1. The van der Waals surface area contributed by atoms with E-state index in [1.54, 1.807) is 0 Å². The smallest absolute Gasteiger partial charge is 0.226 e. The molecule has 3 nitrogen and oxygen atoms in total. The summed E-state index contributed by atoms with van der Waals surface area (Å²) >= 11 is 0. The molecule has 1 amide bonds. The number of hydrogen-bond donors (Lipinski definition) is 0. The van der Waals surface area contributed by atoms with Crippen molar-refractivity contribution in [3.63, 3.8) is 0 Å². The Bertz CT molecular complexity index is 649. The van der Waals surface area contributed by atoms with E-state index in [2.05, 4.69) is 24.9 Å². The van der Waals surface area contributed by atoms with Crippen molar-refractivity contribution < 1.29 is 4.79 Å². The van der Waals surface area contributed by atoms with Crippen LogP contribution in [0.2, 0.25) is 0 Å². The maximum absolute atomic E-state index is 12.4. The highest BCUT2D eigenvalue weighted by Crippen LogP contribution is 2.23. The van der Waals surface area contributed by atoms with Crippen LogP contribution in [0, 0.1) is 13.8 Å². The van der Waals surface area contributed by atoms with Gasteiger partial charge in [-0.15, -0.1) is 0 Å². The minimum Gasteiger partial charge on any atom is -0.345 e. The quantitative estimate of drug-likeness (QED) is 0.839. The number of aromatic nitrogens is 1. The van der Waals surface area contributed by atoms with Gasteiger partial charge in [-0.1, -0.05) is 31.5 Å². The number of para-hydroxylation sites is 1. The van der Waals surface area contributed by atoms with E-state index in [0.717, 1.165) is 41.5 Å². The van der Waals surface area contributed by atoms with Gasteiger partial charge in [0, 0.05) is 24.7 Å². The van der Waals surface area contributed by atoms with Crippen molar-refractivity contribution >= 4 is 16.8 Å². The molecular formula is C18H24N2O. The van der Waals surface area contributed by atoms with E-state index in [0.29, 0.717) is 6.42 Å². The van der Waals surface area contributed by atoms with Gasteiger partial charge in [0.2, 0.25) is 5.91 Å². The Morgan fingerprint density at radius 3 is 2.67 bits per heavy atom. The van der Waals surface area contributed by atoms with E-state index in [4.69, 9.17) is 0 Å². The molecule has 1 aromatic heterocycles. The number of pyridine rings is 1. The van der Waals surface area contributed by atoms with Crippen molar-refractivity contribution in [2.24, 2.45) is 0 Å². The van der Waals surface area contributed by atoms with Crippen LogP contribution in [0.3, 0.4) is 0 Å². The molecule has 1 heterocycles. The van der Waals surface area contributed by atoms with Crippen molar-refractivity contribution in [2.45, 2.75) is 40.0 Å². The Morgan fingerprint density at radius 2 is 1.95 bits per heavy atom. The Kier molecular flexibility index (Phi) is 4.94. The summed E-state index contributed by atoms with van der Waals surface area (Å²) in [4.78, 5) is 18.8. The predicted molar refractivity (Wildman–Crippen MR) is 87.5 cm³/mol. The average molecular weight is 284 g/mol. The first-order valence-electron chi connectivity index (χ1n) is 7.63. The van der Waals surface area contributed by atoms with Gasteiger partial charge in [0.05, 0.1) is 11.9 Å². The van der Waals surface area contributed by atoms with Crippen molar-refractivity contribution in [1.29, 1.82) is 0 Å². The normalized spacial score (nSPS) is 10.9. The van der Waals surface area contributed by atoms with Gasteiger partial charge in [-0.25, -0.2) is 0 Å². The number of aryl methyl sites for hydroxylation is 2. The summed E-state index contributed by atoms with van der Waals surface area (Å²) in [5.74, 6) is 0.173. The Labute approximate surface area is 127 Å². The third-order valence-corrected chi connectivity index (χ3v) is 4.09. The summed E-state index contributed by atoms with van der Waals surface area (Å²) < 4.78 is 0. The molecule has 0 unspecified atom stereocenters. The second-order valence-corrected chi connectivity index (χ2v) is 5.66. The first-order chi connectivity index (χ1) is 10.0. The van der Waals surface area contributed by atoms with E-state index in [1.165, 1.54) is 5.56 Å². The first kappa shape index (κ1) is 15.5. The predicted octanol–water partition coefficient (Wildman–Crippen LogP) is 3.65. The van der Waals surface area contributed by atoms with Gasteiger partial charge in [-0.05, 0) is 37.5 Å². The molecule has 2 rings (SSSR count). The van der Waals surface area contributed by atoms with E-state index in [9.17, 15) is 4.79 Å². The molecule has 0 saturated heterocycles. The molecule has 0 aliphatic rings. The van der Waals surface area contributed by atoms with Gasteiger partial charge >= 0.3 is 0 Å². The van der Waals surface area contributed by atoms with E-state index >= 15 is 0 Å². The van der Waals surface area contributed by atoms with E-state index in [-0.39, 0.29) is 5.91 Å².